The highest BCUT2D eigenvalue weighted by Gasteiger charge is 2.54. The van der Waals surface area contributed by atoms with Gasteiger partial charge in [0.2, 0.25) is 0 Å². The van der Waals surface area contributed by atoms with Crippen molar-refractivity contribution in [3.05, 3.63) is 48.0 Å². The lowest BCUT2D eigenvalue weighted by molar-refractivity contribution is -0.159. The molecule has 2 N–H and O–H groups in total. The summed E-state index contributed by atoms with van der Waals surface area (Å²) < 4.78 is 25.6. The van der Waals surface area contributed by atoms with E-state index in [1.54, 1.807) is 20.5 Å². The van der Waals surface area contributed by atoms with Crippen molar-refractivity contribution >= 4 is 11.0 Å². The number of hydrogen-bond donors (Lipinski definition) is 1. The molecule has 4 atom stereocenters. The number of aryl methyl sites for hydroxylation is 2. The van der Waals surface area contributed by atoms with Crippen LogP contribution in [0.4, 0.5) is 0 Å². The number of rotatable bonds is 7. The SMILES string of the molecule is COc1ccc(CCc2ncnc3c2ccn3[C@@H]2C[C@H](CN)[C@H]3OC(C)(C)O[C@H]32)c(OC)c1. The van der Waals surface area contributed by atoms with E-state index in [1.165, 1.54) is 0 Å². The van der Waals surface area contributed by atoms with Gasteiger partial charge in [-0.2, -0.15) is 0 Å². The lowest BCUT2D eigenvalue weighted by Gasteiger charge is -2.24. The molecule has 2 aliphatic rings. The van der Waals surface area contributed by atoms with Gasteiger partial charge in [0.15, 0.2) is 5.79 Å². The van der Waals surface area contributed by atoms with Gasteiger partial charge in [-0.15, -0.1) is 0 Å². The van der Waals surface area contributed by atoms with E-state index >= 15 is 0 Å². The van der Waals surface area contributed by atoms with Crippen molar-refractivity contribution in [2.45, 2.75) is 57.1 Å². The Labute approximate surface area is 194 Å². The molecule has 1 aromatic carbocycles. The first kappa shape index (κ1) is 22.1. The van der Waals surface area contributed by atoms with Crippen LogP contribution < -0.4 is 15.2 Å². The van der Waals surface area contributed by atoms with Gasteiger partial charge in [0, 0.05) is 23.6 Å². The normalized spacial score (nSPS) is 26.0. The van der Waals surface area contributed by atoms with E-state index in [1.807, 2.05) is 32.0 Å². The van der Waals surface area contributed by atoms with Crippen LogP contribution in [0.5, 0.6) is 11.5 Å². The van der Waals surface area contributed by atoms with Crippen LogP contribution in [0.1, 0.15) is 37.6 Å². The first-order valence-electron chi connectivity index (χ1n) is 11.5. The van der Waals surface area contributed by atoms with Crippen LogP contribution in [0.15, 0.2) is 36.8 Å². The smallest absolute Gasteiger partial charge is 0.163 e. The fourth-order valence-electron chi connectivity index (χ4n) is 5.36. The standard InChI is InChI=1S/C25H32N4O4/c1-25(2)32-22-16(13-26)11-20(23(22)33-25)29-10-9-18-19(27-14-28-24(18)29)8-6-15-5-7-17(30-3)12-21(15)31-4/h5,7,9-10,12,14,16,20,22-23H,6,8,11,13,26H2,1-4H3/t16-,20-,22-,23+/m1/s1. The molecule has 2 aromatic heterocycles. The molecule has 1 aliphatic heterocycles. The molecule has 0 bridgehead atoms. The number of benzene rings is 1. The number of methoxy groups -OCH3 is 2. The average molecular weight is 453 g/mol. The quantitative estimate of drug-likeness (QED) is 0.588. The molecule has 8 heteroatoms. The summed E-state index contributed by atoms with van der Waals surface area (Å²) in [5.74, 6) is 1.28. The second kappa shape index (κ2) is 8.59. The summed E-state index contributed by atoms with van der Waals surface area (Å²) in [6, 6.07) is 8.16. The number of aromatic nitrogens is 3. The van der Waals surface area contributed by atoms with Crippen molar-refractivity contribution in [3.63, 3.8) is 0 Å². The van der Waals surface area contributed by atoms with Crippen LogP contribution in [-0.4, -0.2) is 53.3 Å². The van der Waals surface area contributed by atoms with Gasteiger partial charge in [0.25, 0.3) is 0 Å². The number of ether oxygens (including phenoxy) is 4. The monoisotopic (exact) mass is 452 g/mol. The van der Waals surface area contributed by atoms with Gasteiger partial charge in [-0.3, -0.25) is 0 Å². The summed E-state index contributed by atoms with van der Waals surface area (Å²) in [4.78, 5) is 9.25. The summed E-state index contributed by atoms with van der Waals surface area (Å²) in [5, 5.41) is 1.07. The number of hydrogen-bond acceptors (Lipinski definition) is 7. The molecule has 33 heavy (non-hydrogen) atoms. The molecule has 0 unspecified atom stereocenters. The molecule has 8 nitrogen and oxygen atoms in total. The van der Waals surface area contributed by atoms with Gasteiger partial charge >= 0.3 is 0 Å². The topological polar surface area (TPSA) is 93.7 Å². The van der Waals surface area contributed by atoms with Gasteiger partial charge in [0.05, 0.1) is 32.1 Å². The summed E-state index contributed by atoms with van der Waals surface area (Å²) in [5.41, 5.74) is 9.14. The zero-order chi connectivity index (χ0) is 23.2. The Hall–Kier alpha value is -2.68. The minimum Gasteiger partial charge on any atom is -0.497 e. The number of nitrogens with zero attached hydrogens (tertiary/aromatic N) is 3. The molecule has 2 fully saturated rings. The number of fused-ring (bicyclic) bond motifs is 2. The molecular formula is C25H32N4O4. The van der Waals surface area contributed by atoms with E-state index in [-0.39, 0.29) is 24.2 Å². The van der Waals surface area contributed by atoms with Crippen molar-refractivity contribution in [3.8, 4) is 11.5 Å². The molecular weight excluding hydrogens is 420 g/mol. The molecule has 1 aliphatic carbocycles. The van der Waals surface area contributed by atoms with Gasteiger partial charge in [-0.25, -0.2) is 9.97 Å². The van der Waals surface area contributed by atoms with E-state index < -0.39 is 5.79 Å². The first-order valence-corrected chi connectivity index (χ1v) is 11.5. The van der Waals surface area contributed by atoms with Gasteiger partial charge in [-0.1, -0.05) is 6.07 Å². The number of nitrogens with two attached hydrogens (primary N) is 1. The third kappa shape index (κ3) is 3.96. The van der Waals surface area contributed by atoms with Crippen LogP contribution in [0.25, 0.3) is 11.0 Å². The third-order valence-corrected chi connectivity index (χ3v) is 6.93. The Balaban J connectivity index is 1.41. The Morgan fingerprint density at radius 1 is 1.09 bits per heavy atom. The minimum absolute atomic E-state index is 0.0105. The van der Waals surface area contributed by atoms with Gasteiger partial charge < -0.3 is 29.2 Å². The molecule has 3 heterocycles. The van der Waals surface area contributed by atoms with Crippen LogP contribution in [0.2, 0.25) is 0 Å². The van der Waals surface area contributed by atoms with Crippen molar-refractivity contribution in [2.75, 3.05) is 20.8 Å². The Morgan fingerprint density at radius 3 is 2.67 bits per heavy atom. The highest BCUT2D eigenvalue weighted by Crippen LogP contribution is 2.47. The molecule has 1 saturated carbocycles. The molecule has 0 spiro atoms. The molecule has 3 aromatic rings. The predicted octanol–water partition coefficient (Wildman–Crippen LogP) is 3.27. The minimum atomic E-state index is -0.595. The van der Waals surface area contributed by atoms with E-state index in [0.29, 0.717) is 6.54 Å². The molecule has 0 amide bonds. The third-order valence-electron chi connectivity index (χ3n) is 6.93. The van der Waals surface area contributed by atoms with E-state index in [4.69, 9.17) is 24.7 Å². The maximum Gasteiger partial charge on any atom is 0.163 e. The Bertz CT molecular complexity index is 1140. The zero-order valence-corrected chi connectivity index (χ0v) is 19.7. The fraction of sp³-hybridized carbons (Fsp3) is 0.520. The summed E-state index contributed by atoms with van der Waals surface area (Å²) >= 11 is 0. The van der Waals surface area contributed by atoms with Crippen molar-refractivity contribution < 1.29 is 18.9 Å². The molecule has 5 rings (SSSR count). The average Bonchev–Trinajstić information content (AvgIpc) is 3.48. The highest BCUT2D eigenvalue weighted by atomic mass is 16.8. The predicted molar refractivity (Wildman–Crippen MR) is 125 cm³/mol. The van der Waals surface area contributed by atoms with Crippen molar-refractivity contribution in [1.29, 1.82) is 0 Å². The van der Waals surface area contributed by atoms with Crippen LogP contribution in [-0.2, 0) is 22.3 Å². The molecule has 176 valence electrons. The van der Waals surface area contributed by atoms with Crippen LogP contribution in [0, 0.1) is 5.92 Å². The fourth-order valence-corrected chi connectivity index (χ4v) is 5.36. The lowest BCUT2D eigenvalue weighted by Crippen LogP contribution is -2.29. The Kier molecular flexibility index (Phi) is 5.76. The van der Waals surface area contributed by atoms with Crippen LogP contribution >= 0.6 is 0 Å². The lowest BCUT2D eigenvalue weighted by atomic mass is 10.1. The van der Waals surface area contributed by atoms with Crippen molar-refractivity contribution in [1.82, 2.24) is 14.5 Å². The highest BCUT2D eigenvalue weighted by molar-refractivity contribution is 5.78. The second-order valence-corrected chi connectivity index (χ2v) is 9.32. The van der Waals surface area contributed by atoms with E-state index in [9.17, 15) is 0 Å². The van der Waals surface area contributed by atoms with Gasteiger partial charge in [-0.05, 0) is 57.4 Å². The summed E-state index contributed by atoms with van der Waals surface area (Å²) in [7, 11) is 3.34. The largest absolute Gasteiger partial charge is 0.497 e. The van der Waals surface area contributed by atoms with E-state index in [2.05, 4.69) is 26.8 Å². The second-order valence-electron chi connectivity index (χ2n) is 9.32. The van der Waals surface area contributed by atoms with Crippen molar-refractivity contribution in [2.24, 2.45) is 11.7 Å². The summed E-state index contributed by atoms with van der Waals surface area (Å²) in [6.07, 6.45) is 6.23. The van der Waals surface area contributed by atoms with E-state index in [0.717, 1.165) is 53.1 Å². The molecule has 1 saturated heterocycles. The van der Waals surface area contributed by atoms with Gasteiger partial charge in [0.1, 0.15) is 29.6 Å². The zero-order valence-electron chi connectivity index (χ0n) is 19.7. The Morgan fingerprint density at radius 2 is 1.91 bits per heavy atom. The molecule has 0 radical (unpaired) electrons. The summed E-state index contributed by atoms with van der Waals surface area (Å²) in [6.45, 7) is 4.52. The van der Waals surface area contributed by atoms with Crippen LogP contribution in [0.3, 0.4) is 0 Å². The maximum absolute atomic E-state index is 6.30. The maximum atomic E-state index is 6.30. The first-order chi connectivity index (χ1) is 15.9.